The maximum Gasteiger partial charge on any atom is 0.246 e. The van der Waals surface area contributed by atoms with Crippen molar-refractivity contribution in [2.45, 2.75) is 271 Å². The number of amides is 1. The molecule has 1 unspecified atom stereocenters. The zero-order valence-corrected chi connectivity index (χ0v) is 34.7. The van der Waals surface area contributed by atoms with Crippen LogP contribution in [0.3, 0.4) is 0 Å². The van der Waals surface area contributed by atoms with E-state index in [-0.39, 0.29) is 12.1 Å². The van der Waals surface area contributed by atoms with Gasteiger partial charge >= 0.3 is 0 Å². The molecule has 50 heavy (non-hydrogen) atoms. The van der Waals surface area contributed by atoms with Crippen LogP contribution < -0.4 is 10.6 Å². The highest BCUT2D eigenvalue weighted by Gasteiger charge is 2.25. The average Bonchev–Trinajstić information content (AvgIpc) is 3.59. The lowest BCUT2D eigenvalue weighted by molar-refractivity contribution is -0.558. The molecule has 0 fully saturated rings. The van der Waals surface area contributed by atoms with Crippen molar-refractivity contribution in [3.8, 4) is 0 Å². The van der Waals surface area contributed by atoms with Gasteiger partial charge in [-0.3, -0.25) is 10.1 Å². The number of carbonyl (C=O) groups is 1. The van der Waals surface area contributed by atoms with Gasteiger partial charge in [0.2, 0.25) is 11.7 Å². The quantitative estimate of drug-likeness (QED) is 0.0493. The fourth-order valence-electron chi connectivity index (χ4n) is 7.98. The summed E-state index contributed by atoms with van der Waals surface area (Å²) in [6, 6.07) is 0. The third-order valence-corrected chi connectivity index (χ3v) is 11.4. The van der Waals surface area contributed by atoms with Gasteiger partial charge in [-0.25, -0.2) is 4.58 Å². The van der Waals surface area contributed by atoms with Crippen molar-refractivity contribution in [3.63, 3.8) is 0 Å². The first kappa shape index (κ1) is 47.0. The van der Waals surface area contributed by atoms with Crippen LogP contribution in [0.2, 0.25) is 0 Å². The van der Waals surface area contributed by atoms with Crippen molar-refractivity contribution >= 4 is 11.7 Å². The first-order chi connectivity index (χ1) is 24.7. The maximum absolute atomic E-state index is 12.7. The molecule has 0 saturated heterocycles. The summed E-state index contributed by atoms with van der Waals surface area (Å²) in [7, 11) is 0. The Kier molecular flexibility index (Phi) is 35.4. The van der Waals surface area contributed by atoms with Gasteiger partial charge in [-0.2, -0.15) is 0 Å². The van der Waals surface area contributed by atoms with E-state index in [0.717, 1.165) is 25.9 Å². The molecular formula is C46H92N3O+. The largest absolute Gasteiger partial charge is 0.318 e. The molecule has 0 radical (unpaired) electrons. The number of amidine groups is 1. The van der Waals surface area contributed by atoms with Crippen LogP contribution in [0, 0.1) is 0 Å². The normalized spacial score (nSPS) is 13.7. The summed E-state index contributed by atoms with van der Waals surface area (Å²) in [5.41, 5.74) is 0. The molecule has 1 aliphatic heterocycles. The Morgan fingerprint density at radius 3 is 1.14 bits per heavy atom. The fourth-order valence-corrected chi connectivity index (χ4v) is 7.98. The Bertz CT molecular complexity index is 750. The van der Waals surface area contributed by atoms with Crippen LogP contribution in [-0.4, -0.2) is 35.6 Å². The highest BCUT2D eigenvalue weighted by molar-refractivity contribution is 5.79. The number of hydrogen-bond acceptors (Lipinski definition) is 2. The van der Waals surface area contributed by atoms with E-state index >= 15 is 0 Å². The summed E-state index contributed by atoms with van der Waals surface area (Å²) in [6.45, 7) is 8.78. The van der Waals surface area contributed by atoms with E-state index < -0.39 is 0 Å². The number of nitrogens with zero attached hydrogens (tertiary/aromatic N) is 1. The van der Waals surface area contributed by atoms with Crippen LogP contribution in [0.25, 0.3) is 0 Å². The summed E-state index contributed by atoms with van der Waals surface area (Å²) in [6.07, 6.45) is 52.3. The monoisotopic (exact) mass is 703 g/mol. The van der Waals surface area contributed by atoms with Gasteiger partial charge in [-0.15, -0.1) is 0 Å². The van der Waals surface area contributed by atoms with Crippen LogP contribution in [0.15, 0.2) is 0 Å². The van der Waals surface area contributed by atoms with Gasteiger partial charge in [0.15, 0.2) is 6.17 Å². The van der Waals surface area contributed by atoms with Crippen molar-refractivity contribution in [2.75, 3.05) is 13.1 Å². The zero-order chi connectivity index (χ0) is 36.0. The van der Waals surface area contributed by atoms with Gasteiger partial charge in [-0.1, -0.05) is 232 Å². The SMILES string of the molecule is CCCCCCCCCCCCCCCCCCCCCC(=O)NC(C)[N+]1=C(CCCCCCCCCCCCCCCCCCC)NCC1. The molecule has 0 aromatic carbocycles. The van der Waals surface area contributed by atoms with Crippen LogP contribution in [-0.2, 0) is 4.79 Å². The van der Waals surface area contributed by atoms with Crippen LogP contribution in [0.4, 0.5) is 0 Å². The molecular weight excluding hydrogens is 611 g/mol. The second kappa shape index (κ2) is 37.7. The number of unbranched alkanes of at least 4 members (excludes halogenated alkanes) is 34. The standard InChI is InChI=1S/C46H91N3O/c1-4-6-8-10-12-14-16-18-20-22-23-25-27-29-31-33-35-37-39-41-46(50)48-44(3)49-43-42-47-45(49)40-38-36-34-32-30-28-26-24-21-19-17-15-13-11-9-7-5-2/h44H,4-43H2,1-3H3,(H,48,50)/p+1. The van der Waals surface area contributed by atoms with Crippen molar-refractivity contribution in [3.05, 3.63) is 0 Å². The van der Waals surface area contributed by atoms with Gasteiger partial charge in [0.25, 0.3) is 0 Å². The molecule has 4 nitrogen and oxygen atoms in total. The van der Waals surface area contributed by atoms with E-state index in [9.17, 15) is 4.79 Å². The Labute approximate surface area is 315 Å². The number of nitrogens with one attached hydrogen (secondary N) is 2. The lowest BCUT2D eigenvalue weighted by Gasteiger charge is -2.15. The topological polar surface area (TPSA) is 44.1 Å². The van der Waals surface area contributed by atoms with E-state index in [2.05, 4.69) is 36.0 Å². The number of carbonyl (C=O) groups excluding carboxylic acids is 1. The van der Waals surface area contributed by atoms with Gasteiger partial charge in [-0.05, 0) is 19.8 Å². The summed E-state index contributed by atoms with van der Waals surface area (Å²) >= 11 is 0. The Hall–Kier alpha value is -1.06. The lowest BCUT2D eigenvalue weighted by Crippen LogP contribution is -2.42. The van der Waals surface area contributed by atoms with E-state index in [4.69, 9.17) is 0 Å². The van der Waals surface area contributed by atoms with Crippen LogP contribution >= 0.6 is 0 Å². The first-order valence-electron chi connectivity index (χ1n) is 23.3. The van der Waals surface area contributed by atoms with Crippen molar-refractivity contribution in [1.82, 2.24) is 10.6 Å². The van der Waals surface area contributed by atoms with E-state index in [1.165, 1.54) is 231 Å². The summed E-state index contributed by atoms with van der Waals surface area (Å²) < 4.78 is 2.40. The molecule has 0 aromatic heterocycles. The second-order valence-electron chi connectivity index (χ2n) is 16.3. The highest BCUT2D eigenvalue weighted by Crippen LogP contribution is 2.16. The fraction of sp³-hybridized carbons (Fsp3) is 0.957. The smallest absolute Gasteiger partial charge is 0.246 e. The lowest BCUT2D eigenvalue weighted by atomic mass is 10.0. The molecule has 1 amide bonds. The molecule has 1 heterocycles. The Morgan fingerprint density at radius 2 is 0.800 bits per heavy atom. The number of hydrogen-bond donors (Lipinski definition) is 2. The summed E-state index contributed by atoms with van der Waals surface area (Å²) in [4.78, 5) is 12.7. The molecule has 1 atom stereocenters. The van der Waals surface area contributed by atoms with Crippen molar-refractivity contribution in [1.29, 1.82) is 0 Å². The molecule has 0 spiro atoms. The Balaban J connectivity index is 1.90. The molecule has 296 valence electrons. The molecule has 0 aromatic rings. The minimum atomic E-state index is 0.0959. The molecule has 4 heteroatoms. The predicted molar refractivity (Wildman–Crippen MR) is 223 cm³/mol. The van der Waals surface area contributed by atoms with Gasteiger partial charge < -0.3 is 5.32 Å². The average molecular weight is 703 g/mol. The minimum Gasteiger partial charge on any atom is -0.318 e. The molecule has 0 aliphatic carbocycles. The maximum atomic E-state index is 12.7. The van der Waals surface area contributed by atoms with E-state index in [1.807, 2.05) is 0 Å². The molecule has 0 saturated carbocycles. The van der Waals surface area contributed by atoms with E-state index in [1.54, 1.807) is 0 Å². The molecule has 0 bridgehead atoms. The van der Waals surface area contributed by atoms with Gasteiger partial charge in [0, 0.05) is 12.8 Å². The van der Waals surface area contributed by atoms with Crippen molar-refractivity contribution < 1.29 is 9.37 Å². The van der Waals surface area contributed by atoms with Crippen LogP contribution in [0.5, 0.6) is 0 Å². The van der Waals surface area contributed by atoms with Crippen molar-refractivity contribution in [2.24, 2.45) is 0 Å². The van der Waals surface area contributed by atoms with Crippen LogP contribution in [0.1, 0.15) is 265 Å². The first-order valence-corrected chi connectivity index (χ1v) is 23.3. The molecule has 1 rings (SSSR count). The Morgan fingerprint density at radius 1 is 0.500 bits per heavy atom. The zero-order valence-electron chi connectivity index (χ0n) is 34.7. The highest BCUT2D eigenvalue weighted by atomic mass is 16.1. The third kappa shape index (κ3) is 30.6. The van der Waals surface area contributed by atoms with E-state index in [0.29, 0.717) is 6.42 Å². The third-order valence-electron chi connectivity index (χ3n) is 11.4. The summed E-state index contributed by atoms with van der Waals surface area (Å²) in [5, 5.41) is 6.91. The van der Waals surface area contributed by atoms with Gasteiger partial charge in [0.1, 0.15) is 13.1 Å². The molecule has 1 aliphatic rings. The predicted octanol–water partition coefficient (Wildman–Crippen LogP) is 14.3. The van der Waals surface area contributed by atoms with Gasteiger partial charge in [0.05, 0.1) is 0 Å². The summed E-state index contributed by atoms with van der Waals surface area (Å²) in [5.74, 6) is 1.58. The second-order valence-corrected chi connectivity index (χ2v) is 16.3. The number of rotatable bonds is 40. The minimum absolute atomic E-state index is 0.0959. The molecule has 2 N–H and O–H groups in total.